The number of nitrogens with one attached hydrogen (secondary N) is 1. The molecule has 3 aromatic heterocycles. The maximum Gasteiger partial charge on any atom is 0.0626 e. The third kappa shape index (κ3) is 2.76. The third-order valence-electron chi connectivity index (χ3n) is 3.35. The van der Waals surface area contributed by atoms with Crippen LogP contribution in [-0.2, 0) is 0 Å². The Kier molecular flexibility index (Phi) is 4.12. The molecule has 0 aliphatic carbocycles. The van der Waals surface area contributed by atoms with Crippen LogP contribution >= 0.6 is 22.7 Å². The van der Waals surface area contributed by atoms with Crippen LogP contribution in [0.3, 0.4) is 0 Å². The highest BCUT2D eigenvalue weighted by atomic mass is 32.1. The first-order chi connectivity index (χ1) is 9.78. The number of aliphatic hydroxyl groups is 1. The molecule has 2 atom stereocenters. The first-order valence-corrected chi connectivity index (χ1v) is 8.26. The summed E-state index contributed by atoms with van der Waals surface area (Å²) in [4.78, 5) is 5.42. The largest absolute Gasteiger partial charge is 0.394 e. The molecule has 2 unspecified atom stereocenters. The molecule has 0 saturated heterocycles. The number of nitrogens with zero attached hydrogens (tertiary/aromatic N) is 1. The lowest BCUT2D eigenvalue weighted by molar-refractivity contribution is 0.236. The molecule has 0 amide bonds. The van der Waals surface area contributed by atoms with E-state index in [1.807, 2.05) is 23.8 Å². The Balaban J connectivity index is 1.79. The second-order valence-corrected chi connectivity index (χ2v) is 6.64. The Morgan fingerprint density at radius 2 is 2.30 bits per heavy atom. The summed E-state index contributed by atoms with van der Waals surface area (Å²) in [6, 6.07) is 6.47. The molecule has 0 saturated carbocycles. The second kappa shape index (κ2) is 6.01. The van der Waals surface area contributed by atoms with Gasteiger partial charge in [-0.1, -0.05) is 0 Å². The SMILES string of the molecule is CC(NC(CO)c1ccsc1)c1cc2ccncc2s1. The maximum atomic E-state index is 9.57. The first kappa shape index (κ1) is 13.7. The molecule has 2 N–H and O–H groups in total. The van der Waals surface area contributed by atoms with Crippen molar-refractivity contribution in [2.75, 3.05) is 6.61 Å². The van der Waals surface area contributed by atoms with E-state index in [1.165, 1.54) is 15.0 Å². The lowest BCUT2D eigenvalue weighted by atomic mass is 10.1. The molecule has 20 heavy (non-hydrogen) atoms. The molecule has 0 bridgehead atoms. The zero-order valence-corrected chi connectivity index (χ0v) is 12.7. The lowest BCUT2D eigenvalue weighted by Gasteiger charge is -2.20. The molecule has 0 fully saturated rings. The number of thiophene rings is 2. The van der Waals surface area contributed by atoms with Gasteiger partial charge >= 0.3 is 0 Å². The zero-order valence-electron chi connectivity index (χ0n) is 11.1. The van der Waals surface area contributed by atoms with Crippen LogP contribution in [0.5, 0.6) is 0 Å². The standard InChI is InChI=1S/C15H16N2OS2/c1-10(17-13(8-18)12-3-5-19-9-12)14-6-11-2-4-16-7-15(11)20-14/h2-7,9-10,13,17-18H,8H2,1H3. The van der Waals surface area contributed by atoms with Crippen LogP contribution in [0.1, 0.15) is 29.4 Å². The summed E-state index contributed by atoms with van der Waals surface area (Å²) >= 11 is 3.40. The predicted octanol–water partition coefficient (Wildman–Crippen LogP) is 3.74. The van der Waals surface area contributed by atoms with Gasteiger partial charge in [-0.25, -0.2) is 0 Å². The van der Waals surface area contributed by atoms with Gasteiger partial charge in [0.15, 0.2) is 0 Å². The fourth-order valence-corrected chi connectivity index (χ4v) is 3.99. The normalized spacial score (nSPS) is 14.5. The van der Waals surface area contributed by atoms with Crippen LogP contribution in [0.15, 0.2) is 41.4 Å². The quantitative estimate of drug-likeness (QED) is 0.754. The number of rotatable bonds is 5. The van der Waals surface area contributed by atoms with Gasteiger partial charge in [0.2, 0.25) is 0 Å². The fourth-order valence-electron chi connectivity index (χ4n) is 2.23. The summed E-state index contributed by atoms with van der Waals surface area (Å²) in [5.74, 6) is 0. The van der Waals surface area contributed by atoms with Crippen molar-refractivity contribution in [3.63, 3.8) is 0 Å². The summed E-state index contributed by atoms with van der Waals surface area (Å²) in [5, 5.41) is 18.4. The molecule has 0 spiro atoms. The van der Waals surface area contributed by atoms with Crippen molar-refractivity contribution in [2.45, 2.75) is 19.0 Å². The molecule has 3 rings (SSSR count). The van der Waals surface area contributed by atoms with Crippen LogP contribution in [0.4, 0.5) is 0 Å². The van der Waals surface area contributed by atoms with Gasteiger partial charge in [-0.05, 0) is 46.8 Å². The number of hydrogen-bond acceptors (Lipinski definition) is 5. The minimum absolute atomic E-state index is 0.0143. The highest BCUT2D eigenvalue weighted by Gasteiger charge is 2.16. The Bertz CT molecular complexity index is 645. The number of aliphatic hydroxyl groups excluding tert-OH is 1. The summed E-state index contributed by atoms with van der Waals surface area (Å²) < 4.78 is 1.20. The molecular weight excluding hydrogens is 288 g/mol. The summed E-state index contributed by atoms with van der Waals surface area (Å²) in [6.45, 7) is 2.24. The van der Waals surface area contributed by atoms with E-state index in [2.05, 4.69) is 34.7 Å². The highest BCUT2D eigenvalue weighted by Crippen LogP contribution is 2.30. The molecule has 3 nitrogen and oxygen atoms in total. The highest BCUT2D eigenvalue weighted by molar-refractivity contribution is 7.19. The fraction of sp³-hybridized carbons (Fsp3) is 0.267. The Morgan fingerprint density at radius 3 is 3.00 bits per heavy atom. The molecule has 0 aliphatic heterocycles. The summed E-state index contributed by atoms with van der Waals surface area (Å²) in [6.07, 6.45) is 3.72. The summed E-state index contributed by atoms with van der Waals surface area (Å²) in [5.41, 5.74) is 1.15. The van der Waals surface area contributed by atoms with E-state index in [-0.39, 0.29) is 18.7 Å². The van der Waals surface area contributed by atoms with Gasteiger partial charge in [0.05, 0.1) is 17.3 Å². The third-order valence-corrected chi connectivity index (χ3v) is 5.32. The van der Waals surface area contributed by atoms with Crippen molar-refractivity contribution in [3.8, 4) is 0 Å². The van der Waals surface area contributed by atoms with Crippen molar-refractivity contribution in [3.05, 3.63) is 51.8 Å². The van der Waals surface area contributed by atoms with Gasteiger partial charge in [0, 0.05) is 23.3 Å². The predicted molar refractivity (Wildman–Crippen MR) is 85.3 cm³/mol. The van der Waals surface area contributed by atoms with Crippen molar-refractivity contribution < 1.29 is 5.11 Å². The lowest BCUT2D eigenvalue weighted by Crippen LogP contribution is -2.26. The first-order valence-electron chi connectivity index (χ1n) is 6.50. The van der Waals surface area contributed by atoms with E-state index in [4.69, 9.17) is 0 Å². The topological polar surface area (TPSA) is 45.1 Å². The summed E-state index contributed by atoms with van der Waals surface area (Å²) in [7, 11) is 0. The molecule has 0 aliphatic rings. The van der Waals surface area contributed by atoms with Gasteiger partial charge in [-0.3, -0.25) is 4.98 Å². The number of pyridine rings is 1. The average molecular weight is 304 g/mol. The maximum absolute atomic E-state index is 9.57. The molecule has 104 valence electrons. The van der Waals surface area contributed by atoms with Crippen molar-refractivity contribution in [2.24, 2.45) is 0 Å². The van der Waals surface area contributed by atoms with Crippen molar-refractivity contribution in [1.82, 2.24) is 10.3 Å². The minimum atomic E-state index is -0.0143. The van der Waals surface area contributed by atoms with Gasteiger partial charge < -0.3 is 10.4 Å². The molecule has 0 radical (unpaired) electrons. The van der Waals surface area contributed by atoms with E-state index >= 15 is 0 Å². The molecule has 5 heteroatoms. The number of hydrogen-bond donors (Lipinski definition) is 2. The molecule has 3 heterocycles. The van der Waals surface area contributed by atoms with Crippen LogP contribution in [-0.4, -0.2) is 16.7 Å². The molecular formula is C15H16N2OS2. The van der Waals surface area contributed by atoms with Crippen LogP contribution in [0.25, 0.3) is 10.1 Å². The zero-order chi connectivity index (χ0) is 13.9. The molecule has 3 aromatic rings. The van der Waals surface area contributed by atoms with Gasteiger partial charge in [-0.2, -0.15) is 11.3 Å². The van der Waals surface area contributed by atoms with Crippen LogP contribution in [0.2, 0.25) is 0 Å². The Hall–Kier alpha value is -1.27. The van der Waals surface area contributed by atoms with E-state index in [0.29, 0.717) is 0 Å². The van der Waals surface area contributed by atoms with E-state index in [1.54, 1.807) is 22.7 Å². The number of aromatic nitrogens is 1. The van der Waals surface area contributed by atoms with E-state index in [9.17, 15) is 5.11 Å². The van der Waals surface area contributed by atoms with Gasteiger partial charge in [-0.15, -0.1) is 11.3 Å². The van der Waals surface area contributed by atoms with Crippen LogP contribution in [0, 0.1) is 0 Å². The number of fused-ring (bicyclic) bond motifs is 1. The van der Waals surface area contributed by atoms with E-state index in [0.717, 1.165) is 5.56 Å². The van der Waals surface area contributed by atoms with Crippen LogP contribution < -0.4 is 5.32 Å². The second-order valence-electron chi connectivity index (χ2n) is 4.74. The van der Waals surface area contributed by atoms with Crippen molar-refractivity contribution >= 4 is 32.8 Å². The van der Waals surface area contributed by atoms with Gasteiger partial charge in [0.25, 0.3) is 0 Å². The smallest absolute Gasteiger partial charge is 0.0626 e. The van der Waals surface area contributed by atoms with Crippen molar-refractivity contribution in [1.29, 1.82) is 0 Å². The molecule has 0 aromatic carbocycles. The Labute approximate surface area is 125 Å². The monoisotopic (exact) mass is 304 g/mol. The van der Waals surface area contributed by atoms with Gasteiger partial charge in [0.1, 0.15) is 0 Å². The van der Waals surface area contributed by atoms with E-state index < -0.39 is 0 Å². The Morgan fingerprint density at radius 1 is 1.40 bits per heavy atom. The minimum Gasteiger partial charge on any atom is -0.394 e. The average Bonchev–Trinajstić information content (AvgIpc) is 3.13.